The molecular weight excluding hydrogens is 1070 g/mol. The third-order valence-corrected chi connectivity index (χ3v) is 12.3. The summed E-state index contributed by atoms with van der Waals surface area (Å²) in [6.07, 6.45) is 16.0. The largest absolute Gasteiger partial charge is 0.480 e. The maximum Gasteiger partial charge on any atom is 0.322 e. The molecular formula is C57H61N13O7S3. The van der Waals surface area contributed by atoms with Crippen molar-refractivity contribution in [3.05, 3.63) is 162 Å². The number of aromatic nitrogens is 8. The van der Waals surface area contributed by atoms with Gasteiger partial charge in [-0.3, -0.25) is 43.8 Å². The van der Waals surface area contributed by atoms with E-state index in [0.717, 1.165) is 46.6 Å². The first-order valence-corrected chi connectivity index (χ1v) is 26.3. The van der Waals surface area contributed by atoms with Gasteiger partial charge in [0, 0.05) is 119 Å². The van der Waals surface area contributed by atoms with Crippen LogP contribution in [0.5, 0.6) is 0 Å². The van der Waals surface area contributed by atoms with Crippen molar-refractivity contribution in [2.24, 2.45) is 0 Å². The zero-order valence-electron chi connectivity index (χ0n) is 44.9. The maximum absolute atomic E-state index is 13.5. The van der Waals surface area contributed by atoms with Crippen LogP contribution in [0, 0.1) is 33.1 Å². The minimum absolute atomic E-state index is 0. The standard InChI is InChI=1S/C29H28N6O3.C16H16N4O3.C12H15N3O.S2.H2S/c1-18-7-6-8-23(32-18)14-27(37)26-9-4-5-12-34(26)28(38)17-35-25-11-10-21(22-15-30-20(3)31-16-22)13-24(25)29(33-35)19(2)36;1-9(21)16(17)13-5-11(12-6-18-10(2)19-7-12)3-4-14(13)20-8-15(22)23;1-9-5-4-7-11(14-9)15-12(16)10-6-2-3-8-13-10;1-2;/h4-8,10-11,13,15-16,26H,9,12,14,17H2,1-3H3;3-7,17,20H,8H2,1-2H3,(H,22,23);2-5,7,10,13H,6,8H2,1H3,(H,14,15,16);;1H2/t26-;;10-;;/m0.0../s1. The van der Waals surface area contributed by atoms with Crippen LogP contribution in [0.2, 0.25) is 0 Å². The fraction of sp³-hybridized carbons (Fsp3) is 0.263. The molecule has 80 heavy (non-hydrogen) atoms. The van der Waals surface area contributed by atoms with Gasteiger partial charge in [-0.05, 0) is 100 Å². The highest BCUT2D eigenvalue weighted by Gasteiger charge is 2.31. The lowest BCUT2D eigenvalue weighted by Crippen LogP contribution is -2.48. The Morgan fingerprint density at radius 3 is 1.95 bits per heavy atom. The number of carbonyl (C=O) groups is 6. The lowest BCUT2D eigenvalue weighted by molar-refractivity contribution is -0.139. The molecule has 0 fully saturated rings. The molecule has 2 aromatic carbocycles. The van der Waals surface area contributed by atoms with Gasteiger partial charge in [-0.15, -0.1) is 0 Å². The molecule has 0 aliphatic carbocycles. The predicted molar refractivity (Wildman–Crippen MR) is 317 cm³/mol. The van der Waals surface area contributed by atoms with Gasteiger partial charge in [0.25, 0.3) is 0 Å². The van der Waals surface area contributed by atoms with Gasteiger partial charge in [0.05, 0.1) is 24.0 Å². The average molecular weight is 1140 g/mol. The molecule has 0 saturated heterocycles. The third kappa shape index (κ3) is 17.2. The highest BCUT2D eigenvalue weighted by molar-refractivity contribution is 8.07. The summed E-state index contributed by atoms with van der Waals surface area (Å²) in [6.45, 7) is 10.8. The first-order valence-electron chi connectivity index (χ1n) is 24.9. The van der Waals surface area contributed by atoms with Crippen molar-refractivity contribution < 1.29 is 33.9 Å². The van der Waals surface area contributed by atoms with E-state index in [4.69, 9.17) is 10.5 Å². The molecule has 0 saturated carbocycles. The summed E-state index contributed by atoms with van der Waals surface area (Å²) in [4.78, 5) is 100. The van der Waals surface area contributed by atoms with Crippen LogP contribution in [-0.2, 0) is 59.3 Å². The number of aliphatic carboxylic acids is 1. The Morgan fingerprint density at radius 1 is 0.750 bits per heavy atom. The molecule has 9 rings (SSSR count). The smallest absolute Gasteiger partial charge is 0.322 e. The van der Waals surface area contributed by atoms with Crippen LogP contribution < -0.4 is 16.0 Å². The summed E-state index contributed by atoms with van der Waals surface area (Å²) >= 11 is 7.33. The highest BCUT2D eigenvalue weighted by Crippen LogP contribution is 2.28. The van der Waals surface area contributed by atoms with Crippen LogP contribution in [0.1, 0.15) is 71.5 Å². The number of carbonyl (C=O) groups excluding carboxylic acids is 5. The zero-order chi connectivity index (χ0) is 57.2. The third-order valence-electron chi connectivity index (χ3n) is 12.3. The fourth-order valence-corrected chi connectivity index (χ4v) is 8.36. The number of nitrogens with zero attached hydrogens (tertiary/aromatic N) is 9. The topological polar surface area (TPSA) is 281 Å². The molecule has 2 aliphatic heterocycles. The molecule has 7 aromatic rings. The second-order valence-corrected chi connectivity index (χ2v) is 18.3. The van der Waals surface area contributed by atoms with Crippen molar-refractivity contribution in [1.82, 2.24) is 49.9 Å². The summed E-state index contributed by atoms with van der Waals surface area (Å²) in [5.41, 5.74) is 7.13. The number of carboxylic acid groups (broad SMARTS) is 1. The van der Waals surface area contributed by atoms with Crippen molar-refractivity contribution >= 4 is 99.1 Å². The van der Waals surface area contributed by atoms with Crippen molar-refractivity contribution in [1.29, 1.82) is 5.41 Å². The number of ketones is 3. The minimum Gasteiger partial charge on any atom is -0.480 e. The number of benzene rings is 2. The molecule has 2 aliphatic rings. The molecule has 23 heteroatoms. The van der Waals surface area contributed by atoms with Crippen LogP contribution in [0.3, 0.4) is 0 Å². The molecule has 0 bridgehead atoms. The Bertz CT molecular complexity index is 3440. The number of hydrogen-bond donors (Lipinski definition) is 5. The Morgan fingerprint density at radius 2 is 1.36 bits per heavy atom. The molecule has 0 unspecified atom stereocenters. The van der Waals surface area contributed by atoms with Crippen molar-refractivity contribution in [3.8, 4) is 22.3 Å². The SMILES string of the molecule is CC(=O)C(=N)c1cc(-c2cnc(C)nc2)ccc1NCC(=O)O.CC(=O)c1nn(CC(=O)N2CC=CC[C@H]2C(=O)Cc2cccc(C)n2)c2ccc(-c3cnc(C)nc3)cc12.Cc1cccc(NC(=O)[C@@H]2CC=CCN2)n1.S.S=S. The normalized spacial score (nSPS) is 14.1. The van der Waals surface area contributed by atoms with Crippen molar-refractivity contribution in [3.63, 3.8) is 0 Å². The van der Waals surface area contributed by atoms with Gasteiger partial charge in [0.1, 0.15) is 42.0 Å². The summed E-state index contributed by atoms with van der Waals surface area (Å²) in [5.74, 6) is -0.0138. The monoisotopic (exact) mass is 1140 g/mol. The molecule has 5 aromatic heterocycles. The molecule has 2 atom stereocenters. The van der Waals surface area contributed by atoms with E-state index in [1.807, 2.05) is 93.6 Å². The molecule has 0 radical (unpaired) electrons. The van der Waals surface area contributed by atoms with E-state index in [9.17, 15) is 28.8 Å². The van der Waals surface area contributed by atoms with E-state index in [-0.39, 0.29) is 68.1 Å². The first-order chi connectivity index (χ1) is 37.9. The lowest BCUT2D eigenvalue weighted by Gasteiger charge is -2.32. The van der Waals surface area contributed by atoms with Gasteiger partial charge in [0.2, 0.25) is 11.8 Å². The van der Waals surface area contributed by atoms with Gasteiger partial charge in [0.15, 0.2) is 17.3 Å². The Hall–Kier alpha value is -8.51. The van der Waals surface area contributed by atoms with Crippen LogP contribution in [-0.4, -0.2) is 122 Å². The van der Waals surface area contributed by atoms with E-state index in [1.165, 1.54) is 13.8 Å². The summed E-state index contributed by atoms with van der Waals surface area (Å²) < 4.78 is 1.55. The van der Waals surface area contributed by atoms with Gasteiger partial charge < -0.3 is 26.0 Å². The molecule has 414 valence electrons. The van der Waals surface area contributed by atoms with Gasteiger partial charge in [-0.2, -0.15) is 18.6 Å². The summed E-state index contributed by atoms with van der Waals surface area (Å²) in [6, 6.07) is 21.1. The molecule has 2 amide bonds. The van der Waals surface area contributed by atoms with Gasteiger partial charge >= 0.3 is 5.97 Å². The minimum atomic E-state index is -1.03. The van der Waals surface area contributed by atoms with E-state index in [2.05, 4.69) is 73.3 Å². The van der Waals surface area contributed by atoms with Gasteiger partial charge in [-0.25, -0.2) is 24.9 Å². The lowest BCUT2D eigenvalue weighted by atomic mass is 9.99. The quantitative estimate of drug-likeness (QED) is 0.0395. The Balaban J connectivity index is 0.000000238. The number of fused-ring (bicyclic) bond motifs is 1. The Kier molecular flexibility index (Phi) is 23.4. The van der Waals surface area contributed by atoms with Crippen molar-refractivity contribution in [2.75, 3.05) is 30.3 Å². The number of amides is 2. The summed E-state index contributed by atoms with van der Waals surface area (Å²) in [7, 11) is 0. The maximum atomic E-state index is 13.5. The van der Waals surface area contributed by atoms with E-state index >= 15 is 0 Å². The highest BCUT2D eigenvalue weighted by atomic mass is 32.8. The van der Waals surface area contributed by atoms with Crippen molar-refractivity contribution in [2.45, 2.75) is 79.4 Å². The van der Waals surface area contributed by atoms with E-state index in [0.29, 0.717) is 64.0 Å². The Labute approximate surface area is 479 Å². The van der Waals surface area contributed by atoms with Crippen LogP contribution in [0.15, 0.2) is 122 Å². The van der Waals surface area contributed by atoms with Crippen LogP contribution in [0.25, 0.3) is 33.2 Å². The second-order valence-electron chi connectivity index (χ2n) is 18.3. The zero-order valence-corrected chi connectivity index (χ0v) is 47.5. The number of pyridine rings is 2. The van der Waals surface area contributed by atoms with Crippen LogP contribution in [0.4, 0.5) is 11.5 Å². The number of anilines is 2. The first kappa shape index (κ1) is 62.3. The van der Waals surface area contributed by atoms with E-state index in [1.54, 1.807) is 65.6 Å². The number of aryl methyl sites for hydroxylation is 4. The van der Waals surface area contributed by atoms with Crippen LogP contribution >= 0.6 is 13.5 Å². The number of carboxylic acids is 1. The number of nitrogens with one attached hydrogen (secondary N) is 4. The molecule has 20 nitrogen and oxygen atoms in total. The summed E-state index contributed by atoms with van der Waals surface area (Å²) in [5, 5.41) is 30.5. The fourth-order valence-electron chi connectivity index (χ4n) is 8.36. The predicted octanol–water partition coefficient (Wildman–Crippen LogP) is 6.94. The molecule has 5 N–H and O–H groups in total. The average Bonchev–Trinajstić information content (AvgIpc) is 3.95. The number of Topliss-reactive ketones (excluding diaryl/α,β-unsaturated/α-hetero) is 3. The van der Waals surface area contributed by atoms with Gasteiger partial charge in [-0.1, -0.05) is 48.6 Å². The number of rotatable bonds is 15. The van der Waals surface area contributed by atoms with E-state index < -0.39 is 17.8 Å². The molecule has 0 spiro atoms. The molecule has 7 heterocycles. The number of hydrogen-bond acceptors (Lipinski definition) is 18. The second kappa shape index (κ2) is 30.0.